The maximum absolute atomic E-state index is 4.90. The van der Waals surface area contributed by atoms with Crippen molar-refractivity contribution in [3.8, 4) is 0 Å². The lowest BCUT2D eigenvalue weighted by Gasteiger charge is -2.38. The zero-order valence-corrected chi connectivity index (χ0v) is 22.7. The molecule has 0 bridgehead atoms. The summed E-state index contributed by atoms with van der Waals surface area (Å²) in [5.74, 6) is 6.50. The van der Waals surface area contributed by atoms with Crippen molar-refractivity contribution in [2.24, 2.45) is 23.7 Å². The van der Waals surface area contributed by atoms with Gasteiger partial charge in [0, 0.05) is 18.3 Å². The minimum absolute atomic E-state index is 0.615. The van der Waals surface area contributed by atoms with E-state index >= 15 is 0 Å². The van der Waals surface area contributed by atoms with Gasteiger partial charge in [0.05, 0.1) is 0 Å². The van der Waals surface area contributed by atoms with E-state index in [0.29, 0.717) is 11.8 Å². The third-order valence-electron chi connectivity index (χ3n) is 10.1. The number of hydrogen-bond acceptors (Lipinski definition) is 2. The van der Waals surface area contributed by atoms with Crippen LogP contribution in [0.25, 0.3) is 0 Å². The smallest absolute Gasteiger partial charge is 0.131 e. The molecule has 1 aromatic heterocycles. The Balaban J connectivity index is 1.15. The van der Waals surface area contributed by atoms with Gasteiger partial charge in [0.15, 0.2) is 0 Å². The van der Waals surface area contributed by atoms with Gasteiger partial charge in [0.2, 0.25) is 0 Å². The van der Waals surface area contributed by atoms with Crippen molar-refractivity contribution >= 4 is 0 Å². The van der Waals surface area contributed by atoms with Crippen LogP contribution < -0.4 is 0 Å². The van der Waals surface area contributed by atoms with Gasteiger partial charge in [-0.05, 0) is 99.4 Å². The van der Waals surface area contributed by atoms with Gasteiger partial charge < -0.3 is 0 Å². The van der Waals surface area contributed by atoms with Gasteiger partial charge in [-0.1, -0.05) is 78.1 Å². The van der Waals surface area contributed by atoms with Crippen molar-refractivity contribution in [1.29, 1.82) is 0 Å². The van der Waals surface area contributed by atoms with E-state index in [4.69, 9.17) is 9.97 Å². The molecule has 3 aliphatic rings. The van der Waals surface area contributed by atoms with Gasteiger partial charge in [0.1, 0.15) is 5.82 Å². The molecule has 3 aliphatic carbocycles. The van der Waals surface area contributed by atoms with Crippen molar-refractivity contribution in [2.45, 2.75) is 154 Å². The number of aromatic nitrogens is 2. The normalized spacial score (nSPS) is 32.5. The molecule has 0 amide bonds. The van der Waals surface area contributed by atoms with Crippen molar-refractivity contribution in [2.75, 3.05) is 0 Å². The molecule has 0 radical (unpaired) electrons. The molecule has 192 valence electrons. The van der Waals surface area contributed by atoms with Gasteiger partial charge >= 0.3 is 0 Å². The van der Waals surface area contributed by atoms with Crippen molar-refractivity contribution in [1.82, 2.24) is 9.97 Å². The highest BCUT2D eigenvalue weighted by Crippen LogP contribution is 2.44. The molecular weight excluding hydrogens is 412 g/mol. The van der Waals surface area contributed by atoms with Crippen LogP contribution in [0.4, 0.5) is 0 Å². The molecule has 3 fully saturated rings. The summed E-state index contributed by atoms with van der Waals surface area (Å²) < 4.78 is 0. The Morgan fingerprint density at radius 1 is 0.559 bits per heavy atom. The molecule has 3 saturated carbocycles. The van der Waals surface area contributed by atoms with Crippen LogP contribution in [0.15, 0.2) is 12.4 Å². The standard InChI is InChI=1S/C32H54N2/c1-3-5-6-7-8-10-26-11-15-27(16-12-26)28-19-21-29(22-20-28)31-23-33-32(34-24-31)30-17-13-25(9-4-2)14-18-30/h23-30H,3-22H2,1-2H3/t25-,26-,27-,28-,29-,30-. The van der Waals surface area contributed by atoms with Gasteiger partial charge in [-0.25, -0.2) is 9.97 Å². The molecule has 0 aliphatic heterocycles. The van der Waals surface area contributed by atoms with E-state index in [1.54, 1.807) is 0 Å². The summed E-state index contributed by atoms with van der Waals surface area (Å²) in [7, 11) is 0. The van der Waals surface area contributed by atoms with Crippen LogP contribution in [0.5, 0.6) is 0 Å². The Bertz CT molecular complexity index is 659. The minimum Gasteiger partial charge on any atom is -0.241 e. The van der Waals surface area contributed by atoms with Crippen LogP contribution in [-0.2, 0) is 0 Å². The predicted molar refractivity (Wildman–Crippen MR) is 145 cm³/mol. The van der Waals surface area contributed by atoms with Crippen molar-refractivity contribution in [3.05, 3.63) is 23.8 Å². The molecule has 0 atom stereocenters. The Morgan fingerprint density at radius 2 is 1.09 bits per heavy atom. The molecule has 1 aromatic rings. The van der Waals surface area contributed by atoms with E-state index in [1.165, 1.54) is 134 Å². The highest BCUT2D eigenvalue weighted by molar-refractivity contribution is 5.14. The average Bonchev–Trinajstić information content (AvgIpc) is 2.90. The van der Waals surface area contributed by atoms with Crippen LogP contribution in [0.3, 0.4) is 0 Å². The molecule has 34 heavy (non-hydrogen) atoms. The van der Waals surface area contributed by atoms with Crippen LogP contribution >= 0.6 is 0 Å². The monoisotopic (exact) mass is 466 g/mol. The second-order valence-corrected chi connectivity index (χ2v) is 12.5. The van der Waals surface area contributed by atoms with E-state index in [-0.39, 0.29) is 0 Å². The van der Waals surface area contributed by atoms with Crippen LogP contribution in [0, 0.1) is 23.7 Å². The van der Waals surface area contributed by atoms with Crippen molar-refractivity contribution < 1.29 is 0 Å². The molecule has 4 rings (SSSR count). The van der Waals surface area contributed by atoms with Crippen molar-refractivity contribution in [3.63, 3.8) is 0 Å². The summed E-state index contributed by atoms with van der Waals surface area (Å²) in [6.07, 6.45) is 33.0. The Morgan fingerprint density at radius 3 is 1.71 bits per heavy atom. The summed E-state index contributed by atoms with van der Waals surface area (Å²) in [5, 5.41) is 0. The molecule has 2 heteroatoms. The molecule has 0 saturated heterocycles. The van der Waals surface area contributed by atoms with Gasteiger partial charge in [0.25, 0.3) is 0 Å². The lowest BCUT2D eigenvalue weighted by atomic mass is 9.68. The number of rotatable bonds is 11. The summed E-state index contributed by atoms with van der Waals surface area (Å²) in [6.45, 7) is 4.64. The van der Waals surface area contributed by atoms with Crippen LogP contribution in [-0.4, -0.2) is 9.97 Å². The zero-order chi connectivity index (χ0) is 23.6. The van der Waals surface area contributed by atoms with Gasteiger partial charge in [-0.2, -0.15) is 0 Å². The first-order valence-electron chi connectivity index (χ1n) is 15.6. The lowest BCUT2D eigenvalue weighted by Crippen LogP contribution is -2.25. The highest BCUT2D eigenvalue weighted by atomic mass is 14.9. The Hall–Kier alpha value is -0.920. The first-order valence-corrected chi connectivity index (χ1v) is 15.6. The van der Waals surface area contributed by atoms with Crippen LogP contribution in [0.2, 0.25) is 0 Å². The molecule has 2 nitrogen and oxygen atoms in total. The third kappa shape index (κ3) is 7.54. The average molecular weight is 467 g/mol. The van der Waals surface area contributed by atoms with E-state index in [1.807, 2.05) is 0 Å². The molecule has 0 N–H and O–H groups in total. The first kappa shape index (κ1) is 26.2. The number of hydrogen-bond donors (Lipinski definition) is 0. The minimum atomic E-state index is 0.615. The van der Waals surface area contributed by atoms with E-state index < -0.39 is 0 Å². The summed E-state index contributed by atoms with van der Waals surface area (Å²) in [4.78, 5) is 9.79. The molecular formula is C32H54N2. The zero-order valence-electron chi connectivity index (χ0n) is 22.7. The summed E-state index contributed by atoms with van der Waals surface area (Å²) >= 11 is 0. The van der Waals surface area contributed by atoms with Gasteiger partial charge in [-0.3, -0.25) is 0 Å². The van der Waals surface area contributed by atoms with E-state index in [2.05, 4.69) is 26.2 Å². The van der Waals surface area contributed by atoms with Gasteiger partial charge in [-0.15, -0.1) is 0 Å². The molecule has 1 heterocycles. The largest absolute Gasteiger partial charge is 0.241 e. The number of nitrogens with zero attached hydrogens (tertiary/aromatic N) is 2. The summed E-state index contributed by atoms with van der Waals surface area (Å²) in [6, 6.07) is 0. The van der Waals surface area contributed by atoms with E-state index in [0.717, 1.165) is 29.5 Å². The highest BCUT2D eigenvalue weighted by Gasteiger charge is 2.31. The van der Waals surface area contributed by atoms with E-state index in [9.17, 15) is 0 Å². The SMILES string of the molecule is CCCCCCC[C@H]1CC[C@H]([C@H]2CC[C@H](c3cnc([C@H]4CC[C@H](CCC)CC4)nc3)CC2)CC1. The third-order valence-corrected chi connectivity index (χ3v) is 10.1. The second-order valence-electron chi connectivity index (χ2n) is 12.5. The Kier molecular flexibility index (Phi) is 10.8. The fraction of sp³-hybridized carbons (Fsp3) is 0.875. The van der Waals surface area contributed by atoms with Crippen LogP contribution in [0.1, 0.15) is 165 Å². The maximum Gasteiger partial charge on any atom is 0.131 e. The fourth-order valence-corrected chi connectivity index (χ4v) is 7.80. The molecule has 0 unspecified atom stereocenters. The lowest BCUT2D eigenvalue weighted by molar-refractivity contribution is 0.155. The predicted octanol–water partition coefficient (Wildman–Crippen LogP) is 9.99. The second kappa shape index (κ2) is 14.0. The Labute approximate surface area is 211 Å². The fourth-order valence-electron chi connectivity index (χ4n) is 7.80. The first-order chi connectivity index (χ1) is 16.8. The quantitative estimate of drug-likeness (QED) is 0.303. The number of unbranched alkanes of at least 4 members (excludes halogenated alkanes) is 4. The summed E-state index contributed by atoms with van der Waals surface area (Å²) in [5.41, 5.74) is 1.42. The maximum atomic E-state index is 4.90. The molecule has 0 aromatic carbocycles. The molecule has 0 spiro atoms. The topological polar surface area (TPSA) is 25.8 Å².